The minimum Gasteiger partial charge on any atom is -0.462 e. The van der Waals surface area contributed by atoms with E-state index in [0.29, 0.717) is 6.42 Å². The molecular formula is C49H81O14P. The van der Waals surface area contributed by atoms with Crippen LogP contribution in [0.15, 0.2) is 85.1 Å². The molecule has 1 rings (SSSR count). The Hall–Kier alpha value is -3.01. The number of aliphatic hydroxyl groups excluding tert-OH is 6. The van der Waals surface area contributed by atoms with Crippen molar-refractivity contribution in [1.29, 1.82) is 0 Å². The van der Waals surface area contributed by atoms with Crippen LogP contribution in [0, 0.1) is 0 Å². The summed E-state index contributed by atoms with van der Waals surface area (Å²) in [4.78, 5) is 35.7. The van der Waals surface area contributed by atoms with Crippen molar-refractivity contribution in [2.45, 2.75) is 198 Å². The summed E-state index contributed by atoms with van der Waals surface area (Å²) in [7, 11) is -5.18. The molecule has 9 atom stereocenters. The largest absolute Gasteiger partial charge is 0.472 e. The first-order valence-corrected chi connectivity index (χ1v) is 25.0. The highest BCUT2D eigenvalue weighted by Gasteiger charge is 2.51. The van der Waals surface area contributed by atoms with Gasteiger partial charge in [0.1, 0.15) is 43.2 Å². The number of hydrogen-bond donors (Lipinski definition) is 7. The molecule has 1 aliphatic rings. The van der Waals surface area contributed by atoms with Crippen molar-refractivity contribution in [2.24, 2.45) is 0 Å². The molecule has 3 unspecified atom stereocenters. The Morgan fingerprint density at radius 1 is 0.562 bits per heavy atom. The van der Waals surface area contributed by atoms with Gasteiger partial charge in [-0.25, -0.2) is 4.57 Å². The Morgan fingerprint density at radius 3 is 1.58 bits per heavy atom. The van der Waals surface area contributed by atoms with Crippen LogP contribution < -0.4 is 0 Å². The Balaban J connectivity index is 2.57. The second-order valence-corrected chi connectivity index (χ2v) is 17.5. The van der Waals surface area contributed by atoms with E-state index in [1.807, 2.05) is 12.2 Å². The summed E-state index contributed by atoms with van der Waals surface area (Å²) in [5.74, 6) is -1.34. The highest BCUT2D eigenvalue weighted by Crippen LogP contribution is 2.47. The molecule has 0 heterocycles. The first-order valence-electron chi connectivity index (χ1n) is 23.5. The SMILES string of the molecule is CCCCC/C=C\C/C=C\C/C=C\C=C\[C@@H](O)CCCC(=O)OC[C@H](COP(=O)(O)OC1[C@H](O)[C@H](O)C(O)[C@H](O)[C@H]1O)OC(=O)CCCCCC/C=C\C/C=C\C/C=C\CCCCC. The second kappa shape index (κ2) is 38.1. The van der Waals surface area contributed by atoms with Crippen molar-refractivity contribution < 1.29 is 68.2 Å². The maximum absolute atomic E-state index is 12.8. The molecule has 0 aromatic carbocycles. The molecule has 0 saturated heterocycles. The van der Waals surface area contributed by atoms with Gasteiger partial charge in [0, 0.05) is 12.8 Å². The average Bonchev–Trinajstić information content (AvgIpc) is 3.27. The van der Waals surface area contributed by atoms with Gasteiger partial charge in [-0.3, -0.25) is 18.6 Å². The van der Waals surface area contributed by atoms with Gasteiger partial charge in [0.25, 0.3) is 0 Å². The average molecular weight is 925 g/mol. The molecule has 0 bridgehead atoms. The fourth-order valence-electron chi connectivity index (χ4n) is 6.45. The predicted molar refractivity (Wildman–Crippen MR) is 250 cm³/mol. The van der Waals surface area contributed by atoms with Crippen molar-refractivity contribution in [1.82, 2.24) is 0 Å². The molecule has 7 N–H and O–H groups in total. The smallest absolute Gasteiger partial charge is 0.462 e. The molecule has 15 heteroatoms. The quantitative estimate of drug-likeness (QED) is 0.0102. The first kappa shape index (κ1) is 59.0. The van der Waals surface area contributed by atoms with Crippen LogP contribution in [0.4, 0.5) is 0 Å². The number of phosphoric ester groups is 1. The van der Waals surface area contributed by atoms with E-state index in [-0.39, 0.29) is 25.7 Å². The van der Waals surface area contributed by atoms with E-state index in [1.54, 1.807) is 12.2 Å². The zero-order valence-corrected chi connectivity index (χ0v) is 39.3. The second-order valence-electron chi connectivity index (χ2n) is 16.1. The maximum Gasteiger partial charge on any atom is 0.472 e. The Morgan fingerprint density at radius 2 is 1.03 bits per heavy atom. The minimum absolute atomic E-state index is 0.0259. The Bertz CT molecular complexity index is 1460. The van der Waals surface area contributed by atoms with E-state index in [2.05, 4.69) is 74.6 Å². The monoisotopic (exact) mass is 925 g/mol. The summed E-state index contributed by atoms with van der Waals surface area (Å²) in [6.07, 6.45) is 32.2. The third-order valence-electron chi connectivity index (χ3n) is 10.3. The fourth-order valence-corrected chi connectivity index (χ4v) is 7.43. The fraction of sp³-hybridized carbons (Fsp3) is 0.673. The summed E-state index contributed by atoms with van der Waals surface area (Å²) >= 11 is 0. The lowest BCUT2D eigenvalue weighted by molar-refractivity contribution is -0.220. The summed E-state index contributed by atoms with van der Waals surface area (Å²) in [5, 5.41) is 60.5. The molecule has 1 aliphatic carbocycles. The van der Waals surface area contributed by atoms with Crippen molar-refractivity contribution in [3.63, 3.8) is 0 Å². The van der Waals surface area contributed by atoms with Crippen LogP contribution in [0.5, 0.6) is 0 Å². The van der Waals surface area contributed by atoms with Gasteiger partial charge in [-0.05, 0) is 83.5 Å². The van der Waals surface area contributed by atoms with E-state index in [1.165, 1.54) is 38.5 Å². The molecule has 0 aromatic heterocycles. The van der Waals surface area contributed by atoms with Gasteiger partial charge in [0.15, 0.2) is 6.10 Å². The zero-order valence-electron chi connectivity index (χ0n) is 38.4. The van der Waals surface area contributed by atoms with E-state index in [0.717, 1.165) is 64.2 Å². The molecule has 1 saturated carbocycles. The van der Waals surface area contributed by atoms with Crippen LogP contribution in [0.25, 0.3) is 0 Å². The normalized spacial score (nSPS) is 22.8. The van der Waals surface area contributed by atoms with E-state index in [9.17, 15) is 49.7 Å². The number of carbonyl (C=O) groups is 2. The van der Waals surface area contributed by atoms with Gasteiger partial charge < -0.3 is 45.0 Å². The molecule has 64 heavy (non-hydrogen) atoms. The molecule has 0 aliphatic heterocycles. The van der Waals surface area contributed by atoms with Gasteiger partial charge >= 0.3 is 19.8 Å². The number of aliphatic hydroxyl groups is 6. The lowest BCUT2D eigenvalue weighted by atomic mass is 9.85. The zero-order chi connectivity index (χ0) is 47.3. The Labute approximate surface area is 382 Å². The Kier molecular flexibility index (Phi) is 35.2. The third-order valence-corrected chi connectivity index (χ3v) is 11.3. The summed E-state index contributed by atoms with van der Waals surface area (Å²) in [6, 6.07) is 0. The highest BCUT2D eigenvalue weighted by molar-refractivity contribution is 7.47. The van der Waals surface area contributed by atoms with Crippen molar-refractivity contribution in [3.05, 3.63) is 85.1 Å². The van der Waals surface area contributed by atoms with E-state index >= 15 is 0 Å². The summed E-state index contributed by atoms with van der Waals surface area (Å²) < 4.78 is 33.4. The highest BCUT2D eigenvalue weighted by atomic mass is 31.2. The number of allylic oxidation sites excluding steroid dienone is 13. The molecule has 0 radical (unpaired) electrons. The molecule has 0 spiro atoms. The van der Waals surface area contributed by atoms with Gasteiger partial charge in [0.05, 0.1) is 12.7 Å². The van der Waals surface area contributed by atoms with Crippen LogP contribution >= 0.6 is 7.82 Å². The standard InChI is InChI=1S/C49H81O14P/c1-3-5-7-9-11-13-15-17-18-19-20-22-24-26-28-30-32-36-43(52)62-41(39-61-64(58,59)63-49-47(56)45(54)44(53)46(55)48(49)57)38-60-42(51)37-33-35-40(50)34-31-29-27-25-23-21-16-14-12-10-8-6-4-2/h11-14,17-18,20-23,27,29,31,34,40-41,44-50,53-57H,3-10,15-16,19,24-26,28,30,32-33,35-39H2,1-2H3,(H,58,59)/b13-11-,14-12-,18-17-,22-20-,23-21-,29-27-,34-31+/t40-,41-,44?,45-,46+,47-,48-,49?/m1/s1. The predicted octanol–water partition coefficient (Wildman–Crippen LogP) is 8.25. The topological polar surface area (TPSA) is 230 Å². The van der Waals surface area contributed by atoms with Gasteiger partial charge in [-0.2, -0.15) is 0 Å². The van der Waals surface area contributed by atoms with Crippen LogP contribution in [-0.2, 0) is 32.7 Å². The molecule has 14 nitrogen and oxygen atoms in total. The number of esters is 2. The number of phosphoric acid groups is 1. The van der Waals surface area contributed by atoms with Crippen LogP contribution in [0.1, 0.15) is 149 Å². The molecule has 1 fully saturated rings. The molecule has 0 amide bonds. The van der Waals surface area contributed by atoms with Crippen LogP contribution in [-0.4, -0.2) is 110 Å². The number of rotatable bonds is 37. The van der Waals surface area contributed by atoms with E-state index in [4.69, 9.17) is 18.5 Å². The van der Waals surface area contributed by atoms with Gasteiger partial charge in [-0.1, -0.05) is 137 Å². The number of ether oxygens (including phenoxy) is 2. The van der Waals surface area contributed by atoms with Crippen LogP contribution in [0.2, 0.25) is 0 Å². The summed E-state index contributed by atoms with van der Waals surface area (Å²) in [5.41, 5.74) is 0. The van der Waals surface area contributed by atoms with Crippen molar-refractivity contribution >= 4 is 19.8 Å². The summed E-state index contributed by atoms with van der Waals surface area (Å²) in [6.45, 7) is 3.04. The third kappa shape index (κ3) is 30.2. The van der Waals surface area contributed by atoms with Crippen LogP contribution in [0.3, 0.4) is 0 Å². The van der Waals surface area contributed by atoms with Crippen molar-refractivity contribution in [3.8, 4) is 0 Å². The number of unbranched alkanes of at least 4 members (excludes halogenated alkanes) is 10. The maximum atomic E-state index is 12.8. The lowest BCUT2D eigenvalue weighted by Crippen LogP contribution is -2.64. The number of carbonyl (C=O) groups excluding carboxylic acids is 2. The van der Waals surface area contributed by atoms with Crippen molar-refractivity contribution in [2.75, 3.05) is 13.2 Å². The van der Waals surface area contributed by atoms with Gasteiger partial charge in [-0.15, -0.1) is 0 Å². The molecule has 366 valence electrons. The van der Waals surface area contributed by atoms with Gasteiger partial charge in [0.2, 0.25) is 0 Å². The molecule has 0 aromatic rings. The van der Waals surface area contributed by atoms with E-state index < -0.39 is 81.8 Å². The lowest BCUT2D eigenvalue weighted by Gasteiger charge is -2.41. The number of hydrogen-bond acceptors (Lipinski definition) is 13. The molecular weight excluding hydrogens is 843 g/mol. The first-order chi connectivity index (χ1) is 30.8. The minimum atomic E-state index is -5.18.